The van der Waals surface area contributed by atoms with Crippen LogP contribution in [0.4, 0.5) is 0 Å². The molecule has 1 aromatic rings. The lowest BCUT2D eigenvalue weighted by atomic mass is 9.95. The monoisotopic (exact) mass is 320 g/mol. The zero-order chi connectivity index (χ0) is 16.5. The fourth-order valence-electron chi connectivity index (χ4n) is 3.03. The van der Waals surface area contributed by atoms with Gasteiger partial charge in [0, 0.05) is 11.5 Å². The van der Waals surface area contributed by atoms with Crippen LogP contribution in [0.1, 0.15) is 71.1 Å². The van der Waals surface area contributed by atoms with E-state index in [1.165, 1.54) is 12.8 Å². The summed E-state index contributed by atoms with van der Waals surface area (Å²) in [7, 11) is 0. The van der Waals surface area contributed by atoms with Crippen molar-refractivity contribution in [2.24, 2.45) is 5.92 Å². The Bertz CT molecular complexity index is 429. The molecule has 0 aromatic heterocycles. The molecule has 0 unspecified atom stereocenters. The normalized spacial score (nSPS) is 24.6. The first-order chi connectivity index (χ1) is 11.3. The summed E-state index contributed by atoms with van der Waals surface area (Å²) in [6.45, 7) is 8.21. The number of benzene rings is 1. The quantitative estimate of drug-likeness (QED) is 0.563. The van der Waals surface area contributed by atoms with Crippen LogP contribution in [0, 0.1) is 5.92 Å². The van der Waals surface area contributed by atoms with E-state index in [9.17, 15) is 0 Å². The van der Waals surface area contributed by atoms with Gasteiger partial charge in [-0.05, 0) is 31.4 Å². The van der Waals surface area contributed by atoms with Crippen molar-refractivity contribution in [3.63, 3.8) is 0 Å². The number of unbranched alkanes of at least 4 members (excludes halogenated alkanes) is 2. The van der Waals surface area contributed by atoms with Gasteiger partial charge >= 0.3 is 0 Å². The summed E-state index contributed by atoms with van der Waals surface area (Å²) in [6.07, 6.45) is 7.01. The third-order valence-corrected chi connectivity index (χ3v) is 4.55. The van der Waals surface area contributed by atoms with Crippen LogP contribution in [0.3, 0.4) is 0 Å². The van der Waals surface area contributed by atoms with Crippen LogP contribution in [0.2, 0.25) is 0 Å². The van der Waals surface area contributed by atoms with E-state index in [0.717, 1.165) is 50.2 Å². The van der Waals surface area contributed by atoms with Crippen molar-refractivity contribution in [1.29, 1.82) is 0 Å². The topological polar surface area (TPSA) is 27.7 Å². The molecule has 1 aliphatic rings. The third-order valence-electron chi connectivity index (χ3n) is 4.55. The van der Waals surface area contributed by atoms with Crippen LogP contribution in [0.25, 0.3) is 0 Å². The van der Waals surface area contributed by atoms with Gasteiger partial charge in [-0.25, -0.2) is 0 Å². The molecule has 2 rings (SSSR count). The molecule has 0 radical (unpaired) electrons. The maximum Gasteiger partial charge on any atom is 0.184 e. The van der Waals surface area contributed by atoms with E-state index >= 15 is 0 Å². The lowest BCUT2D eigenvalue weighted by Crippen LogP contribution is -2.35. The van der Waals surface area contributed by atoms with Gasteiger partial charge < -0.3 is 14.2 Å². The second-order valence-electron chi connectivity index (χ2n) is 6.42. The molecule has 0 N–H and O–H groups in total. The summed E-state index contributed by atoms with van der Waals surface area (Å²) >= 11 is 0. The van der Waals surface area contributed by atoms with Crippen LogP contribution in [0.5, 0.6) is 5.75 Å². The second-order valence-corrected chi connectivity index (χ2v) is 6.42. The van der Waals surface area contributed by atoms with Crippen LogP contribution in [-0.2, 0) is 9.47 Å². The second kappa shape index (κ2) is 9.94. The minimum atomic E-state index is -0.233. The Balaban J connectivity index is 1.88. The predicted molar refractivity (Wildman–Crippen MR) is 93.7 cm³/mol. The van der Waals surface area contributed by atoms with Crippen molar-refractivity contribution in [3.8, 4) is 5.75 Å². The molecule has 1 saturated heterocycles. The van der Waals surface area contributed by atoms with Crippen molar-refractivity contribution in [2.75, 3.05) is 13.2 Å². The van der Waals surface area contributed by atoms with E-state index in [-0.39, 0.29) is 6.29 Å². The number of ether oxygens (including phenoxy) is 3. The predicted octanol–water partition coefficient (Wildman–Crippen LogP) is 5.50. The van der Waals surface area contributed by atoms with E-state index in [0.29, 0.717) is 12.0 Å². The molecule has 23 heavy (non-hydrogen) atoms. The van der Waals surface area contributed by atoms with Gasteiger partial charge in [-0.15, -0.1) is 0 Å². The minimum Gasteiger partial charge on any atom is -0.494 e. The first kappa shape index (κ1) is 18.3. The molecule has 0 aliphatic carbocycles. The molecule has 3 heteroatoms. The summed E-state index contributed by atoms with van der Waals surface area (Å²) in [5.41, 5.74) is 1.08. The summed E-state index contributed by atoms with van der Waals surface area (Å²) in [4.78, 5) is 0. The summed E-state index contributed by atoms with van der Waals surface area (Å²) in [6, 6.07) is 8.17. The van der Waals surface area contributed by atoms with E-state index in [2.05, 4.69) is 32.9 Å². The highest BCUT2D eigenvalue weighted by atomic mass is 16.7. The average Bonchev–Trinajstić information content (AvgIpc) is 2.59. The van der Waals surface area contributed by atoms with Crippen LogP contribution in [-0.4, -0.2) is 19.3 Å². The van der Waals surface area contributed by atoms with Gasteiger partial charge in [0.1, 0.15) is 5.75 Å². The van der Waals surface area contributed by atoms with Crippen LogP contribution >= 0.6 is 0 Å². The molecule has 0 saturated carbocycles. The highest BCUT2D eigenvalue weighted by Gasteiger charge is 2.30. The molecule has 0 bridgehead atoms. The van der Waals surface area contributed by atoms with Crippen LogP contribution < -0.4 is 4.74 Å². The smallest absolute Gasteiger partial charge is 0.184 e. The summed E-state index contributed by atoms with van der Waals surface area (Å²) < 4.78 is 17.9. The molecule has 130 valence electrons. The van der Waals surface area contributed by atoms with Gasteiger partial charge in [0.2, 0.25) is 0 Å². The zero-order valence-electron chi connectivity index (χ0n) is 14.9. The van der Waals surface area contributed by atoms with Gasteiger partial charge in [-0.3, -0.25) is 0 Å². The lowest BCUT2D eigenvalue weighted by Gasteiger charge is -2.36. The highest BCUT2D eigenvalue weighted by molar-refractivity contribution is 5.28. The molecule has 0 amide bonds. The molecule has 1 heterocycles. The molecular formula is C20H32O3. The Morgan fingerprint density at radius 1 is 1.04 bits per heavy atom. The molecule has 0 spiro atoms. The Morgan fingerprint density at radius 2 is 1.83 bits per heavy atom. The number of rotatable bonds is 9. The lowest BCUT2D eigenvalue weighted by molar-refractivity contribution is -0.243. The van der Waals surface area contributed by atoms with E-state index in [1.54, 1.807) is 0 Å². The number of hydrogen-bond acceptors (Lipinski definition) is 3. The third kappa shape index (κ3) is 5.50. The SMILES string of the molecule is CCCCCOc1ccc([C@@H]2OC[C@H](CC)[C@H](CCC)O2)cc1. The Hall–Kier alpha value is -1.06. The van der Waals surface area contributed by atoms with Crippen molar-refractivity contribution in [3.05, 3.63) is 29.8 Å². The molecule has 3 nitrogen and oxygen atoms in total. The van der Waals surface area contributed by atoms with Crippen molar-refractivity contribution < 1.29 is 14.2 Å². The van der Waals surface area contributed by atoms with E-state index < -0.39 is 0 Å². The molecule has 1 fully saturated rings. The average molecular weight is 320 g/mol. The molecular weight excluding hydrogens is 288 g/mol. The van der Waals surface area contributed by atoms with E-state index in [1.807, 2.05) is 12.1 Å². The molecule has 1 aromatic carbocycles. The van der Waals surface area contributed by atoms with Crippen molar-refractivity contribution in [1.82, 2.24) is 0 Å². The summed E-state index contributed by atoms with van der Waals surface area (Å²) in [5.74, 6) is 1.45. The zero-order valence-corrected chi connectivity index (χ0v) is 14.9. The Kier molecular flexibility index (Phi) is 7.90. The molecule has 1 aliphatic heterocycles. The first-order valence-electron chi connectivity index (χ1n) is 9.28. The highest BCUT2D eigenvalue weighted by Crippen LogP contribution is 2.33. The molecule has 3 atom stereocenters. The fraction of sp³-hybridized carbons (Fsp3) is 0.700. The Morgan fingerprint density at radius 3 is 2.48 bits per heavy atom. The maximum absolute atomic E-state index is 6.21. The van der Waals surface area contributed by atoms with Crippen molar-refractivity contribution in [2.45, 2.75) is 71.7 Å². The Labute approximate surface area is 141 Å². The largest absolute Gasteiger partial charge is 0.494 e. The summed E-state index contributed by atoms with van der Waals surface area (Å²) in [5, 5.41) is 0. The standard InChI is InChI=1S/C20H32O3/c1-4-7-8-14-21-18-12-10-17(11-13-18)20-22-15-16(6-3)19(23-20)9-5-2/h10-13,16,19-20H,4-9,14-15H2,1-3H3/t16-,19-,20+/m0/s1. The van der Waals surface area contributed by atoms with Gasteiger partial charge in [0.25, 0.3) is 0 Å². The van der Waals surface area contributed by atoms with Gasteiger partial charge in [-0.2, -0.15) is 0 Å². The number of hydrogen-bond donors (Lipinski definition) is 0. The first-order valence-corrected chi connectivity index (χ1v) is 9.28. The van der Waals surface area contributed by atoms with Gasteiger partial charge in [0.15, 0.2) is 6.29 Å². The fourth-order valence-corrected chi connectivity index (χ4v) is 3.03. The van der Waals surface area contributed by atoms with Crippen LogP contribution in [0.15, 0.2) is 24.3 Å². The van der Waals surface area contributed by atoms with Crippen molar-refractivity contribution >= 4 is 0 Å². The van der Waals surface area contributed by atoms with E-state index in [4.69, 9.17) is 14.2 Å². The van der Waals surface area contributed by atoms with Gasteiger partial charge in [0.05, 0.1) is 19.3 Å². The van der Waals surface area contributed by atoms with Gasteiger partial charge in [-0.1, -0.05) is 52.2 Å². The minimum absolute atomic E-state index is 0.233. The maximum atomic E-state index is 6.21.